The van der Waals surface area contributed by atoms with Crippen LogP contribution in [0.3, 0.4) is 0 Å². The van der Waals surface area contributed by atoms with Gasteiger partial charge in [0.05, 0.1) is 16.9 Å². The molecule has 2 N–H and O–H groups in total. The van der Waals surface area contributed by atoms with Crippen molar-refractivity contribution in [3.63, 3.8) is 0 Å². The number of para-hydroxylation sites is 1. The molecule has 3 aromatic rings. The van der Waals surface area contributed by atoms with Crippen LogP contribution >= 0.6 is 15.9 Å². The lowest BCUT2D eigenvalue weighted by molar-refractivity contribution is 0.0928. The van der Waals surface area contributed by atoms with Gasteiger partial charge in [-0.2, -0.15) is 5.10 Å². The molecule has 0 saturated carbocycles. The van der Waals surface area contributed by atoms with Crippen molar-refractivity contribution in [2.75, 3.05) is 11.9 Å². The summed E-state index contributed by atoms with van der Waals surface area (Å²) in [6.07, 6.45) is 1.56. The van der Waals surface area contributed by atoms with Crippen LogP contribution in [0.4, 0.5) is 5.69 Å². The second-order valence-corrected chi connectivity index (χ2v) is 6.62. The van der Waals surface area contributed by atoms with E-state index < -0.39 is 0 Å². The van der Waals surface area contributed by atoms with Gasteiger partial charge >= 0.3 is 0 Å². The lowest BCUT2D eigenvalue weighted by atomic mass is 10.0. The van der Waals surface area contributed by atoms with Crippen LogP contribution in [0.15, 0.2) is 59.2 Å². The zero-order valence-electron chi connectivity index (χ0n) is 13.0. The quantitative estimate of drug-likeness (QED) is 0.709. The number of aromatic amines is 1. The summed E-state index contributed by atoms with van der Waals surface area (Å²) in [7, 11) is 1.97. The number of hydrogen-bond donors (Lipinski definition) is 2. The summed E-state index contributed by atoms with van der Waals surface area (Å²) in [6, 6.07) is 15.6. The number of anilines is 1. The van der Waals surface area contributed by atoms with Crippen molar-refractivity contribution in [3.8, 4) is 11.3 Å². The van der Waals surface area contributed by atoms with Crippen LogP contribution in [-0.2, 0) is 0 Å². The van der Waals surface area contributed by atoms with E-state index in [0.717, 1.165) is 27.0 Å². The minimum Gasteiger partial charge on any atom is -0.350 e. The minimum atomic E-state index is -0.278. The zero-order valence-corrected chi connectivity index (χ0v) is 14.5. The molecule has 0 saturated heterocycles. The average molecular weight is 383 g/mol. The summed E-state index contributed by atoms with van der Waals surface area (Å²) >= 11 is 3.49. The van der Waals surface area contributed by atoms with Crippen molar-refractivity contribution in [2.24, 2.45) is 0 Å². The third kappa shape index (κ3) is 2.39. The average Bonchev–Trinajstić information content (AvgIpc) is 3.08. The Bertz CT molecular complexity index is 921. The van der Waals surface area contributed by atoms with E-state index in [1.807, 2.05) is 61.8 Å². The first-order chi connectivity index (χ1) is 11.6. The fraction of sp³-hybridized carbons (Fsp3) is 0.111. The summed E-state index contributed by atoms with van der Waals surface area (Å²) in [4.78, 5) is 14.5. The number of nitrogens with one attached hydrogen (secondary N) is 2. The van der Waals surface area contributed by atoms with E-state index in [2.05, 4.69) is 36.3 Å². The number of aromatic nitrogens is 2. The second-order valence-electron chi connectivity index (χ2n) is 5.70. The predicted molar refractivity (Wildman–Crippen MR) is 96.8 cm³/mol. The number of H-pyrrole nitrogens is 1. The minimum absolute atomic E-state index is 0.0740. The topological polar surface area (TPSA) is 61.0 Å². The van der Waals surface area contributed by atoms with E-state index in [-0.39, 0.29) is 12.1 Å². The van der Waals surface area contributed by atoms with Crippen molar-refractivity contribution in [1.82, 2.24) is 15.5 Å². The number of carbonyl (C=O) groups excluding carboxylic acids is 1. The van der Waals surface area contributed by atoms with Crippen molar-refractivity contribution in [2.45, 2.75) is 6.17 Å². The van der Waals surface area contributed by atoms with E-state index in [1.54, 1.807) is 0 Å². The number of carbonyl (C=O) groups is 1. The van der Waals surface area contributed by atoms with E-state index in [9.17, 15) is 4.79 Å². The standard InChI is InChI=1S/C18H15BrN4O/c1-23-15-8-3-2-7-13(15)18(24)21-17(23)14-10-20-22-16(14)11-5-4-6-12(19)9-11/h2-10,17H,1H3,(H,20,22)(H,21,24). The molecule has 1 aromatic heterocycles. The Morgan fingerprint density at radius 1 is 1.17 bits per heavy atom. The van der Waals surface area contributed by atoms with Crippen LogP contribution in [0.5, 0.6) is 0 Å². The predicted octanol–water partition coefficient (Wildman–Crippen LogP) is 3.72. The molecule has 1 unspecified atom stereocenters. The highest BCUT2D eigenvalue weighted by atomic mass is 79.9. The van der Waals surface area contributed by atoms with E-state index in [4.69, 9.17) is 0 Å². The van der Waals surface area contributed by atoms with Gasteiger partial charge in [-0.1, -0.05) is 40.2 Å². The maximum atomic E-state index is 12.5. The van der Waals surface area contributed by atoms with Crippen molar-refractivity contribution >= 4 is 27.5 Å². The Balaban J connectivity index is 1.79. The van der Waals surface area contributed by atoms with Crippen LogP contribution in [-0.4, -0.2) is 23.2 Å². The first-order valence-electron chi connectivity index (χ1n) is 7.57. The van der Waals surface area contributed by atoms with Gasteiger partial charge in [-0.3, -0.25) is 9.89 Å². The van der Waals surface area contributed by atoms with Crippen molar-refractivity contribution in [1.29, 1.82) is 0 Å². The molecule has 0 bridgehead atoms. The summed E-state index contributed by atoms with van der Waals surface area (Å²) < 4.78 is 0.986. The van der Waals surface area contributed by atoms with Crippen LogP contribution in [0.1, 0.15) is 22.1 Å². The molecule has 0 fully saturated rings. The molecule has 2 aromatic carbocycles. The first-order valence-corrected chi connectivity index (χ1v) is 8.37. The van der Waals surface area contributed by atoms with Gasteiger partial charge in [-0.05, 0) is 24.3 Å². The van der Waals surface area contributed by atoms with Gasteiger partial charge in [0.2, 0.25) is 0 Å². The van der Waals surface area contributed by atoms with Crippen LogP contribution in [0.2, 0.25) is 0 Å². The van der Waals surface area contributed by atoms with Crippen LogP contribution < -0.4 is 10.2 Å². The second kappa shape index (κ2) is 5.79. The van der Waals surface area contributed by atoms with E-state index in [0.29, 0.717) is 5.56 Å². The maximum absolute atomic E-state index is 12.5. The third-order valence-corrected chi connectivity index (χ3v) is 4.74. The number of nitrogens with zero attached hydrogens (tertiary/aromatic N) is 2. The smallest absolute Gasteiger partial charge is 0.255 e. The molecule has 1 aliphatic rings. The van der Waals surface area contributed by atoms with Gasteiger partial charge in [0.1, 0.15) is 6.17 Å². The highest BCUT2D eigenvalue weighted by Crippen LogP contribution is 2.35. The molecule has 24 heavy (non-hydrogen) atoms. The number of hydrogen-bond acceptors (Lipinski definition) is 3. The lowest BCUT2D eigenvalue weighted by Gasteiger charge is -2.36. The number of amides is 1. The fourth-order valence-corrected chi connectivity index (χ4v) is 3.47. The largest absolute Gasteiger partial charge is 0.350 e. The van der Waals surface area contributed by atoms with Gasteiger partial charge in [-0.25, -0.2) is 0 Å². The lowest BCUT2D eigenvalue weighted by Crippen LogP contribution is -2.44. The van der Waals surface area contributed by atoms with Crippen LogP contribution in [0.25, 0.3) is 11.3 Å². The molecule has 1 amide bonds. The molecule has 5 nitrogen and oxygen atoms in total. The highest BCUT2D eigenvalue weighted by molar-refractivity contribution is 9.10. The summed E-state index contributed by atoms with van der Waals surface area (Å²) in [5.74, 6) is -0.0740. The van der Waals surface area contributed by atoms with Gasteiger partial charge < -0.3 is 10.2 Å². The molecule has 0 aliphatic carbocycles. The summed E-state index contributed by atoms with van der Waals surface area (Å²) in [5, 5.41) is 10.4. The van der Waals surface area contributed by atoms with Gasteiger partial charge in [-0.15, -0.1) is 0 Å². The maximum Gasteiger partial charge on any atom is 0.255 e. The molecule has 120 valence electrons. The summed E-state index contributed by atoms with van der Waals surface area (Å²) in [5.41, 5.74) is 4.34. The molecule has 4 rings (SSSR count). The molecular weight excluding hydrogens is 368 g/mol. The van der Waals surface area contributed by atoms with Crippen molar-refractivity contribution < 1.29 is 4.79 Å². The number of benzene rings is 2. The molecule has 0 radical (unpaired) electrons. The van der Waals surface area contributed by atoms with Gasteiger partial charge in [0, 0.05) is 28.8 Å². The molecule has 1 aliphatic heterocycles. The van der Waals surface area contributed by atoms with Crippen molar-refractivity contribution in [3.05, 3.63) is 70.3 Å². The van der Waals surface area contributed by atoms with Crippen LogP contribution in [0, 0.1) is 0 Å². The highest BCUT2D eigenvalue weighted by Gasteiger charge is 2.31. The zero-order chi connectivity index (χ0) is 16.7. The number of fused-ring (bicyclic) bond motifs is 1. The van der Waals surface area contributed by atoms with Gasteiger partial charge in [0.25, 0.3) is 5.91 Å². The monoisotopic (exact) mass is 382 g/mol. The molecule has 6 heteroatoms. The molecular formula is C18H15BrN4O. The first kappa shape index (κ1) is 15.0. The molecule has 2 heterocycles. The molecule has 1 atom stereocenters. The Labute approximate surface area is 147 Å². The normalized spacial score (nSPS) is 16.7. The Morgan fingerprint density at radius 2 is 2.00 bits per heavy atom. The van der Waals surface area contributed by atoms with Gasteiger partial charge in [0.15, 0.2) is 0 Å². The number of rotatable bonds is 2. The Hall–Kier alpha value is -2.60. The Morgan fingerprint density at radius 3 is 2.83 bits per heavy atom. The van der Waals surface area contributed by atoms with E-state index in [1.165, 1.54) is 0 Å². The molecule has 0 spiro atoms. The third-order valence-electron chi connectivity index (χ3n) is 4.25. The Kier molecular flexibility index (Phi) is 3.61. The number of halogens is 1. The SMILES string of the molecule is CN1c2ccccc2C(=O)NC1c1c[nH]nc1-c1cccc(Br)c1. The van der Waals surface area contributed by atoms with E-state index >= 15 is 0 Å². The fourth-order valence-electron chi connectivity index (χ4n) is 3.07. The summed E-state index contributed by atoms with van der Waals surface area (Å²) in [6.45, 7) is 0.